The lowest BCUT2D eigenvalue weighted by atomic mass is 9.51. The smallest absolute Gasteiger partial charge is 0.431 e. The van der Waals surface area contributed by atoms with E-state index >= 15 is 0 Å². The molecule has 1 saturated heterocycles. The predicted octanol–water partition coefficient (Wildman–Crippen LogP) is 8.66. The van der Waals surface area contributed by atoms with Gasteiger partial charge in [0, 0.05) is 35.0 Å². The summed E-state index contributed by atoms with van der Waals surface area (Å²) in [5.74, 6) is -12.1. The van der Waals surface area contributed by atoms with Crippen molar-refractivity contribution in [1.82, 2.24) is 0 Å². The van der Waals surface area contributed by atoms with Crippen molar-refractivity contribution in [3.05, 3.63) is 36.5 Å². The van der Waals surface area contributed by atoms with Gasteiger partial charge in [-0.15, -0.1) is 0 Å². The minimum absolute atomic E-state index is 0.0620. The van der Waals surface area contributed by atoms with Crippen molar-refractivity contribution in [2.45, 2.75) is 164 Å². The average molecular weight is 1010 g/mol. The molecule has 8 bridgehead atoms. The lowest BCUT2D eigenvalue weighted by Gasteiger charge is -2.62. The summed E-state index contributed by atoms with van der Waals surface area (Å²) in [5.41, 5.74) is -1.61. The Morgan fingerprint density at radius 3 is 1.39 bits per heavy atom. The van der Waals surface area contributed by atoms with Gasteiger partial charge in [-0.2, -0.15) is 17.6 Å². The van der Waals surface area contributed by atoms with Crippen molar-refractivity contribution >= 4 is 36.4 Å². The van der Waals surface area contributed by atoms with Crippen molar-refractivity contribution in [3.63, 3.8) is 0 Å². The molecule has 4 atom stereocenters. The van der Waals surface area contributed by atoms with Gasteiger partial charge in [-0.25, -0.2) is 28.8 Å². The second-order valence-electron chi connectivity index (χ2n) is 20.4. The molecule has 1 spiro atoms. The van der Waals surface area contributed by atoms with Crippen LogP contribution in [0.15, 0.2) is 36.5 Å². The van der Waals surface area contributed by atoms with Gasteiger partial charge in [0.15, 0.2) is 5.79 Å². The zero-order valence-electron chi connectivity index (χ0n) is 39.8. The summed E-state index contributed by atoms with van der Waals surface area (Å²) in [7, 11) is 0. The summed E-state index contributed by atoms with van der Waals surface area (Å²) in [6.45, 7) is 10.3. The molecule has 18 nitrogen and oxygen atoms in total. The van der Waals surface area contributed by atoms with E-state index in [-0.39, 0.29) is 41.6 Å². The Kier molecular flexibility index (Phi) is 16.9. The van der Waals surface area contributed by atoms with Crippen molar-refractivity contribution < 1.29 is 104 Å². The van der Waals surface area contributed by atoms with Crippen LogP contribution in [0.4, 0.5) is 31.9 Å². The van der Waals surface area contributed by atoms with E-state index < -0.39 is 116 Å². The van der Waals surface area contributed by atoms with E-state index in [2.05, 4.69) is 29.2 Å². The number of hydrogen-bond donors (Lipinski definition) is 1. The van der Waals surface area contributed by atoms with Gasteiger partial charge >= 0.3 is 48.2 Å². The van der Waals surface area contributed by atoms with Crippen LogP contribution in [-0.4, -0.2) is 116 Å². The van der Waals surface area contributed by atoms with E-state index in [0.29, 0.717) is 37.5 Å². The Morgan fingerprint density at radius 1 is 0.543 bits per heavy atom. The van der Waals surface area contributed by atoms with Crippen molar-refractivity contribution in [1.29, 1.82) is 0 Å². The summed E-state index contributed by atoms with van der Waals surface area (Å²) >= 11 is 0. The number of ether oxygens (including phenoxy) is 11. The Morgan fingerprint density at radius 2 is 0.957 bits per heavy atom. The molecule has 22 heteroatoms. The Hall–Kier alpha value is -4.96. The van der Waals surface area contributed by atoms with Gasteiger partial charge in [-0.05, 0) is 128 Å². The highest BCUT2D eigenvalue weighted by Gasteiger charge is 2.70. The highest BCUT2D eigenvalue weighted by atomic mass is 19.3. The van der Waals surface area contributed by atoms with Crippen LogP contribution in [0.25, 0.3) is 0 Å². The number of hydrogen-bond acceptors (Lipinski definition) is 18. The summed E-state index contributed by atoms with van der Waals surface area (Å²) in [4.78, 5) is 68.7. The molecule has 10 rings (SSSR count). The molecule has 0 aromatic heterocycles. The lowest BCUT2D eigenvalue weighted by molar-refractivity contribution is -0.354. The van der Waals surface area contributed by atoms with Crippen molar-refractivity contribution in [3.8, 4) is 0 Å². The largest absolute Gasteiger partial charge is 0.511 e. The third-order valence-electron chi connectivity index (χ3n) is 14.3. The monoisotopic (exact) mass is 1000 g/mol. The highest BCUT2D eigenvalue weighted by Crippen LogP contribution is 2.64. The number of alkyl halides is 4. The fraction of sp³-hybridized carbons (Fsp3) is 0.750. The van der Waals surface area contributed by atoms with E-state index in [1.165, 1.54) is 27.2 Å². The van der Waals surface area contributed by atoms with Crippen LogP contribution in [0.3, 0.4) is 0 Å². The van der Waals surface area contributed by atoms with Crippen LogP contribution in [-0.2, 0) is 66.5 Å². The number of halogens is 4. The summed E-state index contributed by atoms with van der Waals surface area (Å²) in [5, 5.41) is 10.6. The molecule has 4 unspecified atom stereocenters. The van der Waals surface area contributed by atoms with Gasteiger partial charge in [-0.1, -0.05) is 26.2 Å². The first-order valence-corrected chi connectivity index (χ1v) is 23.6. The van der Waals surface area contributed by atoms with E-state index in [4.69, 9.17) is 42.6 Å². The Bertz CT molecular complexity index is 1970. The van der Waals surface area contributed by atoms with E-state index in [0.717, 1.165) is 57.8 Å². The molecule has 10 fully saturated rings. The Balaban J connectivity index is 0.000000181. The van der Waals surface area contributed by atoms with Crippen LogP contribution in [0.2, 0.25) is 0 Å². The number of esters is 3. The van der Waals surface area contributed by atoms with Crippen LogP contribution < -0.4 is 0 Å². The maximum absolute atomic E-state index is 13.8. The maximum Gasteiger partial charge on any atom is 0.511 e. The molecule has 1 N–H and O–H groups in total. The SMILES string of the molecule is C=C(C)C(=O)OCOC(=O)OC12CC3CC(C1)C1(OCC(F)(F)C(F)(F)CO1)C(C3)C2.C=C(C)C(=O)OCOC(=O)OC12CC3CC(CC(O)(C3)C1)C2.C=C(C)C(=O)OCOC(=O)OC1CCCCC1. The van der Waals surface area contributed by atoms with E-state index in [9.17, 15) is 51.4 Å². The first-order chi connectivity index (χ1) is 32.8. The number of carbonyl (C=O) groups excluding carboxylic acids is 6. The molecule has 0 aromatic rings. The minimum atomic E-state index is -4.33. The molecule has 10 aliphatic rings. The van der Waals surface area contributed by atoms with Crippen LogP contribution >= 0.6 is 0 Å². The van der Waals surface area contributed by atoms with Gasteiger partial charge < -0.3 is 57.2 Å². The molecular formula is C48H64F4O18. The second-order valence-corrected chi connectivity index (χ2v) is 20.4. The maximum atomic E-state index is 13.8. The molecule has 9 saturated carbocycles. The van der Waals surface area contributed by atoms with Gasteiger partial charge in [0.25, 0.3) is 0 Å². The van der Waals surface area contributed by atoms with E-state index in [1.54, 1.807) is 0 Å². The average Bonchev–Trinajstić information content (AvgIpc) is 3.34. The fourth-order valence-corrected chi connectivity index (χ4v) is 11.9. The number of rotatable bonds is 12. The Labute approximate surface area is 402 Å². The molecule has 392 valence electrons. The van der Waals surface area contributed by atoms with Gasteiger partial charge in [0.1, 0.15) is 30.5 Å². The quantitative estimate of drug-likeness (QED) is 0.0634. The minimum Gasteiger partial charge on any atom is -0.431 e. The predicted molar refractivity (Wildman–Crippen MR) is 230 cm³/mol. The molecule has 0 aromatic carbocycles. The summed E-state index contributed by atoms with van der Waals surface area (Å²) in [6, 6.07) is 0. The van der Waals surface area contributed by atoms with Crippen molar-refractivity contribution in [2.75, 3.05) is 33.6 Å². The van der Waals surface area contributed by atoms with Crippen LogP contribution in [0, 0.1) is 29.6 Å². The zero-order valence-corrected chi connectivity index (χ0v) is 39.8. The first-order valence-electron chi connectivity index (χ1n) is 23.6. The second kappa shape index (κ2) is 21.8. The molecule has 9 aliphatic carbocycles. The van der Waals surface area contributed by atoms with Crippen LogP contribution in [0.1, 0.15) is 124 Å². The van der Waals surface area contributed by atoms with Gasteiger partial charge in [-0.3, -0.25) is 0 Å². The molecular weight excluding hydrogens is 941 g/mol. The normalized spacial score (nSPS) is 32.1. The first kappa shape index (κ1) is 54.4. The van der Waals surface area contributed by atoms with Gasteiger partial charge in [0.05, 0.1) is 5.60 Å². The molecule has 1 heterocycles. The third-order valence-corrected chi connectivity index (χ3v) is 14.3. The molecule has 0 amide bonds. The molecule has 0 radical (unpaired) electrons. The highest BCUT2D eigenvalue weighted by molar-refractivity contribution is 5.87. The fourth-order valence-electron chi connectivity index (χ4n) is 11.9. The summed E-state index contributed by atoms with van der Waals surface area (Å²) in [6.07, 6.45) is 9.20. The molecule has 1 aliphatic heterocycles. The summed E-state index contributed by atoms with van der Waals surface area (Å²) < 4.78 is 110. The standard InChI is InChI=1S/C20H24F4O7.C16H22O6.C12H18O5/c1-11(2)15(25)27-10-28-16(26)31-17-5-12-3-13(6-17)20(14(4-12)7-17)29-8-18(21,22)19(23,24)9-30-20;1-10(2)13(17)20-9-21-14(18)22-16-6-11-3-12(7-16)5-15(19,4-11)8-16;1-9(2)11(13)15-8-16-12(14)17-10-6-4-3-5-7-10/h12-14H,1,3-10H2,2H3;11-12,19H,1,3-9H2,2H3;10H,1,3-8H2,2H3. The third kappa shape index (κ3) is 13.3. The van der Waals surface area contributed by atoms with E-state index in [1.807, 2.05) is 0 Å². The van der Waals surface area contributed by atoms with Crippen molar-refractivity contribution in [2.24, 2.45) is 29.6 Å². The molecule has 70 heavy (non-hydrogen) atoms. The van der Waals surface area contributed by atoms with Crippen LogP contribution in [0.5, 0.6) is 0 Å². The number of carbonyl (C=O) groups is 6. The lowest BCUT2D eigenvalue weighted by Crippen LogP contribution is -2.66. The number of aliphatic hydroxyl groups is 1. The van der Waals surface area contributed by atoms with Gasteiger partial charge in [0.2, 0.25) is 20.4 Å². The topological polar surface area (TPSA) is 224 Å². The zero-order chi connectivity index (χ0) is 51.3.